The van der Waals surface area contributed by atoms with E-state index < -0.39 is 22.6 Å². The Hall–Kier alpha value is -5.12. The van der Waals surface area contributed by atoms with Gasteiger partial charge in [-0.2, -0.15) is 0 Å². The van der Waals surface area contributed by atoms with Gasteiger partial charge in [0.05, 0.1) is 0 Å². The minimum atomic E-state index is -2.14. The first kappa shape index (κ1) is 92.8. The lowest BCUT2D eigenvalue weighted by atomic mass is 9.65. The summed E-state index contributed by atoms with van der Waals surface area (Å²) in [6.07, 6.45) is 42.0. The fourth-order valence-corrected chi connectivity index (χ4v) is 21.1. The van der Waals surface area contributed by atoms with Gasteiger partial charge in [-0.3, -0.25) is 9.59 Å². The van der Waals surface area contributed by atoms with E-state index in [1.807, 2.05) is 12.1 Å². The second-order valence-electron chi connectivity index (χ2n) is 43.6. The van der Waals surface area contributed by atoms with Crippen molar-refractivity contribution < 1.29 is 47.7 Å². The first-order valence-corrected chi connectivity index (χ1v) is 51.7. The highest BCUT2D eigenvalue weighted by Crippen LogP contribution is 2.61. The smallest absolute Gasteiger partial charge is 0.331 e. The highest BCUT2D eigenvalue weighted by atomic mass is 28.4. The van der Waals surface area contributed by atoms with E-state index in [4.69, 9.17) is 28.8 Å². The quantitative estimate of drug-likeness (QED) is 0.0448. The molecule has 638 valence electrons. The van der Waals surface area contributed by atoms with Gasteiger partial charge in [-0.1, -0.05) is 244 Å². The summed E-state index contributed by atoms with van der Waals surface area (Å²) in [5.74, 6) is 7.35. The Morgan fingerprint density at radius 3 is 1.04 bits per heavy atom. The van der Waals surface area contributed by atoms with Crippen molar-refractivity contribution in [3.8, 4) is 34.5 Å². The van der Waals surface area contributed by atoms with Crippen LogP contribution in [0.1, 0.15) is 402 Å². The van der Waals surface area contributed by atoms with Crippen molar-refractivity contribution in [2.24, 2.45) is 35.3 Å². The monoisotopic (exact) mass is 1600 g/mol. The van der Waals surface area contributed by atoms with Gasteiger partial charge >= 0.3 is 5.97 Å². The first-order chi connectivity index (χ1) is 53.1. The van der Waals surface area contributed by atoms with E-state index in [2.05, 4.69) is 214 Å². The molecule has 3 aromatic rings. The highest BCUT2D eigenvalue weighted by molar-refractivity contribution is 6.75. The Labute approximate surface area is 696 Å². The summed E-state index contributed by atoms with van der Waals surface area (Å²) in [7, 11) is -4.25. The molecule has 0 radical (unpaired) electrons. The Kier molecular flexibility index (Phi) is 30.3. The number of benzene rings is 3. The first-order valence-electron chi connectivity index (χ1n) is 45.9. The fraction of sp³-hybridized carbons (Fsp3) is 0.733. The molecule has 0 spiro atoms. The molecule has 9 aliphatic rings. The summed E-state index contributed by atoms with van der Waals surface area (Å²) in [6, 6.07) is 13.9. The van der Waals surface area contributed by atoms with E-state index in [9.17, 15) is 24.6 Å². The normalized spacial score (nSPS) is 23.0. The summed E-state index contributed by atoms with van der Waals surface area (Å²) in [5.41, 5.74) is 13.9. The van der Waals surface area contributed by atoms with Gasteiger partial charge in [0.2, 0.25) is 16.6 Å². The van der Waals surface area contributed by atoms with E-state index in [0.717, 1.165) is 108 Å². The van der Waals surface area contributed by atoms with Crippen molar-refractivity contribution in [2.45, 2.75) is 444 Å². The molecule has 3 aliphatic heterocycles. The molecule has 114 heavy (non-hydrogen) atoms. The lowest BCUT2D eigenvalue weighted by molar-refractivity contribution is -0.133. The number of allylic oxidation sites excluding steroid dienone is 5. The number of unbranched alkanes of at least 4 members (excludes halogenated alkanes) is 9. The number of phenols is 1. The lowest BCUT2D eigenvalue weighted by Gasteiger charge is -2.48. The maximum absolute atomic E-state index is 13.4. The molecule has 3 aromatic carbocycles. The third-order valence-corrected chi connectivity index (χ3v) is 38.7. The van der Waals surface area contributed by atoms with Crippen molar-refractivity contribution in [3.05, 3.63) is 105 Å². The molecule has 3 fully saturated rings. The van der Waals surface area contributed by atoms with Crippen LogP contribution in [0.3, 0.4) is 0 Å². The molecule has 0 aromatic heterocycles. The van der Waals surface area contributed by atoms with Crippen LogP contribution in [0, 0.1) is 29.6 Å². The SMILES string of the molecule is CCCCCCC(C)(C)c1cc(O)c2c(c1)OC(C)(C)[C@@H]1CC=C(C(=O)CC3CCC3)C[C@@H]21.CCCCCCC(C)(C)c1cc2c(c(O[Si](C)(C)C(C)(C)C)c1)[C@@H]1CC(C(=O)CC3CCC3)=CC[C@H]1C(C)(C)O2.CCCCCCC(C)(C)c1cc2c(c(O[Si](C)(C)C(C)(C)C)c1)[C@@H]1CC(C(=O)O)=CC[C@H]1C(C)(C)O2.NC1CCC1. The average molecular weight is 1610 g/mol. The molecule has 3 heterocycles. The molecule has 3 saturated carbocycles. The van der Waals surface area contributed by atoms with Crippen LogP contribution in [-0.4, -0.2) is 67.2 Å². The van der Waals surface area contributed by atoms with Gasteiger partial charge in [0.1, 0.15) is 51.3 Å². The molecular formula is C101H161NO10Si2. The summed E-state index contributed by atoms with van der Waals surface area (Å²) in [4.78, 5) is 38.4. The number of aromatic hydroxyl groups is 1. The van der Waals surface area contributed by atoms with Crippen LogP contribution in [-0.2, 0) is 30.6 Å². The van der Waals surface area contributed by atoms with Crippen LogP contribution >= 0.6 is 0 Å². The van der Waals surface area contributed by atoms with Crippen LogP contribution < -0.4 is 28.8 Å². The van der Waals surface area contributed by atoms with Crippen LogP contribution in [0.25, 0.3) is 0 Å². The lowest BCUT2D eigenvalue weighted by Crippen LogP contribution is -2.47. The number of ketones is 2. The van der Waals surface area contributed by atoms with Crippen molar-refractivity contribution >= 4 is 34.2 Å². The third kappa shape index (κ3) is 22.3. The number of carboxylic acid groups (broad SMARTS) is 1. The molecule has 0 unspecified atom stereocenters. The van der Waals surface area contributed by atoms with Crippen LogP contribution in [0.2, 0.25) is 36.3 Å². The maximum atomic E-state index is 13.4. The van der Waals surface area contributed by atoms with Crippen molar-refractivity contribution in [2.75, 3.05) is 0 Å². The molecule has 11 nitrogen and oxygen atoms in total. The predicted molar refractivity (Wildman–Crippen MR) is 480 cm³/mol. The standard InChI is InChI=1S/C36H58O3Si.C31H50O4Si.C30H44O3.C4H9N/c1-11-12-13-14-20-35(5,6)27-23-31-33(32(24-27)39-40(9,10)34(2,3)4)28-22-26(30(37)21-25-16-15-17-25)18-19-29(28)36(7,8)38-31;1-11-12-13-14-17-30(5,6)22-19-25-27(26(20-22)35-36(9,10)29(2,3)4)23-18-21(28(32)33)15-16-24(23)31(7,8)34-25;1-6-7-8-9-15-29(2,3)22-18-26(32)28-23-17-21(25(31)16-20-11-10-12-20)13-14-24(23)30(4,5)33-27(28)19-22;5-4-2-1-3-4/h18,23-25,28-29H,11-17,19-22H2,1-10H3;15,19-20,23-24H,11-14,16-18H2,1-10H3,(H,32,33);13,18-20,23-24,32H,6-12,14-17H2,1-5H3;4H,1-3,5H2/t28-,29-;2*23-,24-;/m111./s1. The Morgan fingerprint density at radius 2 is 0.746 bits per heavy atom. The van der Waals surface area contributed by atoms with Gasteiger partial charge in [-0.15, -0.1) is 0 Å². The van der Waals surface area contributed by atoms with Gasteiger partial charge < -0.3 is 39.0 Å². The Morgan fingerprint density at radius 1 is 0.447 bits per heavy atom. The predicted octanol–water partition coefficient (Wildman–Crippen LogP) is 28.2. The highest BCUT2D eigenvalue weighted by Gasteiger charge is 2.53. The zero-order valence-electron chi connectivity index (χ0n) is 76.8. The van der Waals surface area contributed by atoms with Crippen molar-refractivity contribution in [1.82, 2.24) is 0 Å². The number of carbonyl (C=O) groups is 3. The van der Waals surface area contributed by atoms with Gasteiger partial charge in [0, 0.05) is 76.7 Å². The molecule has 0 saturated heterocycles. The van der Waals surface area contributed by atoms with Crippen LogP contribution in [0.4, 0.5) is 0 Å². The minimum Gasteiger partial charge on any atom is -0.543 e. The Bertz CT molecular complexity index is 3890. The van der Waals surface area contributed by atoms with E-state index in [1.165, 1.54) is 152 Å². The molecule has 4 N–H and O–H groups in total. The number of fused-ring (bicyclic) bond motifs is 9. The van der Waals surface area contributed by atoms with Crippen molar-refractivity contribution in [1.29, 1.82) is 0 Å². The number of hydrogen-bond donors (Lipinski definition) is 3. The summed E-state index contributed by atoms with van der Waals surface area (Å²) in [6.45, 7) is 56.9. The van der Waals surface area contributed by atoms with E-state index in [1.54, 1.807) is 0 Å². The Balaban J connectivity index is 0.000000190. The topological polar surface area (TPSA) is 164 Å². The van der Waals surface area contributed by atoms with Gasteiger partial charge in [-0.05, 0) is 241 Å². The molecule has 6 aliphatic carbocycles. The summed E-state index contributed by atoms with van der Waals surface area (Å²) in [5, 5.41) is 21.2. The van der Waals surface area contributed by atoms with Gasteiger partial charge in [-0.25, -0.2) is 4.79 Å². The summed E-state index contributed by atoms with van der Waals surface area (Å²) >= 11 is 0. The number of rotatable bonds is 29. The molecule has 0 bridgehead atoms. The fourth-order valence-electron chi connectivity index (χ4n) is 19.0. The van der Waals surface area contributed by atoms with Gasteiger partial charge in [0.15, 0.2) is 11.6 Å². The van der Waals surface area contributed by atoms with Gasteiger partial charge in [0.25, 0.3) is 0 Å². The summed E-state index contributed by atoms with van der Waals surface area (Å²) < 4.78 is 34.5. The van der Waals surface area contributed by atoms with E-state index in [0.29, 0.717) is 65.9 Å². The van der Waals surface area contributed by atoms with Crippen LogP contribution in [0.5, 0.6) is 34.5 Å². The third-order valence-electron chi connectivity index (χ3n) is 30.1. The van der Waals surface area contributed by atoms with E-state index in [-0.39, 0.29) is 72.7 Å². The number of Topliss-reactive ketones (excluding diaryl/α,β-unsaturated/α-hetero) is 2. The molecule has 6 atom stereocenters. The zero-order chi connectivity index (χ0) is 84.1. The number of ether oxygens (including phenoxy) is 3. The molecule has 12 rings (SSSR count). The number of hydrogen-bond acceptors (Lipinski definition) is 10. The maximum Gasteiger partial charge on any atom is 0.331 e. The van der Waals surface area contributed by atoms with E-state index >= 15 is 0 Å². The zero-order valence-corrected chi connectivity index (χ0v) is 78.8. The second kappa shape index (κ2) is 37.3. The molecule has 13 heteroatoms. The second-order valence-corrected chi connectivity index (χ2v) is 53.0. The number of carbonyl (C=O) groups excluding carboxylic acids is 2. The average Bonchev–Trinajstić information content (AvgIpc) is 0.736. The number of phenolic OH excluding ortho intramolecular Hbond substituents is 1. The molecular weight excluding hydrogens is 1440 g/mol. The van der Waals surface area contributed by atoms with Crippen LogP contribution in [0.15, 0.2) is 71.3 Å². The number of carboxylic acids is 1. The van der Waals surface area contributed by atoms with Crippen molar-refractivity contribution in [3.63, 3.8) is 0 Å². The minimum absolute atomic E-state index is 0.00262. The number of nitrogens with two attached hydrogens (primary N) is 1. The number of aliphatic carboxylic acids is 1. The molecule has 0 amide bonds. The largest absolute Gasteiger partial charge is 0.543 e.